The highest BCUT2D eigenvalue weighted by molar-refractivity contribution is 6.23. The monoisotopic (exact) mass is 1120 g/mol. The van der Waals surface area contributed by atoms with Crippen LogP contribution in [0.4, 0.5) is 0 Å². The number of benzene rings is 14. The fourth-order valence-corrected chi connectivity index (χ4v) is 14.5. The number of aromatic nitrogens is 4. The third kappa shape index (κ3) is 7.65. The Morgan fingerprint density at radius 1 is 0.159 bits per heavy atom. The first kappa shape index (κ1) is 49.7. The molecule has 4 aromatic heterocycles. The molecule has 4 heteroatoms. The van der Waals surface area contributed by atoms with E-state index in [1.165, 1.54) is 87.6 Å². The van der Waals surface area contributed by atoms with Crippen molar-refractivity contribution in [3.05, 3.63) is 328 Å². The molecule has 0 aliphatic rings. The van der Waals surface area contributed by atoms with Crippen molar-refractivity contribution in [2.75, 3.05) is 0 Å². The van der Waals surface area contributed by atoms with E-state index in [9.17, 15) is 0 Å². The maximum absolute atomic E-state index is 2.61. The van der Waals surface area contributed by atoms with Crippen molar-refractivity contribution in [2.45, 2.75) is 0 Å². The summed E-state index contributed by atoms with van der Waals surface area (Å²) in [4.78, 5) is 0. The van der Waals surface area contributed by atoms with Gasteiger partial charge in [-0.1, -0.05) is 231 Å². The fourth-order valence-electron chi connectivity index (χ4n) is 14.5. The molecule has 0 saturated carbocycles. The van der Waals surface area contributed by atoms with Crippen LogP contribution in [0, 0.1) is 0 Å². The highest BCUT2D eigenvalue weighted by atomic mass is 15.0. The number of fused-ring (bicyclic) bond motifs is 12. The molecule has 0 unspecified atom stereocenters. The molecular weight excluding hydrogens is 1060 g/mol. The summed E-state index contributed by atoms with van der Waals surface area (Å²) in [6.45, 7) is 0. The minimum absolute atomic E-state index is 1.11. The molecule has 0 amide bonds. The van der Waals surface area contributed by atoms with Crippen LogP contribution in [0.2, 0.25) is 0 Å². The second-order valence-corrected chi connectivity index (χ2v) is 23.2. The molecule has 0 N–H and O–H groups in total. The molecule has 410 valence electrons. The number of nitrogens with zero attached hydrogens (tertiary/aromatic N) is 4. The van der Waals surface area contributed by atoms with Crippen LogP contribution in [-0.2, 0) is 0 Å². The lowest BCUT2D eigenvalue weighted by Crippen LogP contribution is -2.04. The van der Waals surface area contributed by atoms with Crippen molar-refractivity contribution in [1.29, 1.82) is 0 Å². The van der Waals surface area contributed by atoms with Crippen LogP contribution in [0.3, 0.4) is 0 Å². The van der Waals surface area contributed by atoms with Crippen LogP contribution >= 0.6 is 0 Å². The van der Waals surface area contributed by atoms with Gasteiger partial charge in [-0.05, 0) is 142 Å². The van der Waals surface area contributed by atoms with Crippen LogP contribution in [-0.4, -0.2) is 18.3 Å². The van der Waals surface area contributed by atoms with Gasteiger partial charge in [0.1, 0.15) is 0 Å². The van der Waals surface area contributed by atoms with Crippen molar-refractivity contribution in [3.63, 3.8) is 0 Å². The van der Waals surface area contributed by atoms with Crippen LogP contribution in [0.1, 0.15) is 0 Å². The van der Waals surface area contributed by atoms with Gasteiger partial charge in [-0.25, -0.2) is 0 Å². The molecule has 0 saturated heterocycles. The summed E-state index contributed by atoms with van der Waals surface area (Å²) < 4.78 is 10.1. The van der Waals surface area contributed by atoms with E-state index in [-0.39, 0.29) is 0 Å². The third-order valence-electron chi connectivity index (χ3n) is 18.3. The predicted molar refractivity (Wildman–Crippen MR) is 371 cm³/mol. The smallest absolute Gasteiger partial charge is 0.0641 e. The molecule has 18 rings (SSSR count). The lowest BCUT2D eigenvalue weighted by atomic mass is 9.95. The molecule has 88 heavy (non-hydrogen) atoms. The minimum Gasteiger partial charge on any atom is -0.309 e. The van der Waals surface area contributed by atoms with E-state index in [1.807, 2.05) is 0 Å². The van der Waals surface area contributed by atoms with Crippen LogP contribution in [0.5, 0.6) is 0 Å². The van der Waals surface area contributed by atoms with Gasteiger partial charge in [-0.3, -0.25) is 0 Å². The Balaban J connectivity index is 1.04. The first-order chi connectivity index (χ1) is 43.7. The molecule has 0 radical (unpaired) electrons. The SMILES string of the molecule is c1ccc(-c2ccc3c(c2)c2cc(-c4ccccc4)ccc2n3-c2c(-c3ccc4c(c3-n3c5ccc(-c6ccccc6)cc5c5cc(-c6ccccc6)ccc53)c3ccccc3n4-c3ccccc3)ccc3c2c2ccccc2n3-c2ccccc2)cc1. The van der Waals surface area contributed by atoms with Crippen molar-refractivity contribution >= 4 is 87.2 Å². The lowest BCUT2D eigenvalue weighted by Gasteiger charge is -2.21. The molecule has 0 bridgehead atoms. The van der Waals surface area contributed by atoms with Gasteiger partial charge in [0.25, 0.3) is 0 Å². The Morgan fingerprint density at radius 3 is 0.716 bits per heavy atom. The summed E-state index contributed by atoms with van der Waals surface area (Å²) in [5.41, 5.74) is 25.2. The van der Waals surface area contributed by atoms with Gasteiger partial charge < -0.3 is 18.3 Å². The summed E-state index contributed by atoms with van der Waals surface area (Å²) in [6.07, 6.45) is 0. The summed E-state index contributed by atoms with van der Waals surface area (Å²) in [5, 5.41) is 9.47. The van der Waals surface area contributed by atoms with Crippen molar-refractivity contribution in [3.8, 4) is 78.4 Å². The lowest BCUT2D eigenvalue weighted by molar-refractivity contribution is 1.16. The molecule has 18 aromatic rings. The highest BCUT2D eigenvalue weighted by Crippen LogP contribution is 2.51. The van der Waals surface area contributed by atoms with E-state index in [4.69, 9.17) is 0 Å². The van der Waals surface area contributed by atoms with E-state index in [0.717, 1.165) is 78.0 Å². The van der Waals surface area contributed by atoms with Crippen LogP contribution in [0.25, 0.3) is 166 Å². The van der Waals surface area contributed by atoms with E-state index < -0.39 is 0 Å². The molecule has 0 atom stereocenters. The quantitative estimate of drug-likeness (QED) is 0.137. The molecular formula is C84H54N4. The predicted octanol–water partition coefficient (Wildman–Crippen LogP) is 22.4. The van der Waals surface area contributed by atoms with Gasteiger partial charge in [-0.2, -0.15) is 0 Å². The Labute approximate surface area is 508 Å². The first-order valence-corrected chi connectivity index (χ1v) is 30.3. The number of hydrogen-bond acceptors (Lipinski definition) is 0. The molecule has 0 fully saturated rings. The third-order valence-corrected chi connectivity index (χ3v) is 18.3. The van der Waals surface area contributed by atoms with Crippen molar-refractivity contribution in [2.24, 2.45) is 0 Å². The average Bonchev–Trinajstić information content (AvgIpc) is 1.59. The van der Waals surface area contributed by atoms with E-state index in [2.05, 4.69) is 346 Å². The Bertz CT molecular complexity index is 5200. The maximum Gasteiger partial charge on any atom is 0.0641 e. The van der Waals surface area contributed by atoms with Crippen molar-refractivity contribution in [1.82, 2.24) is 18.3 Å². The van der Waals surface area contributed by atoms with E-state index in [0.29, 0.717) is 0 Å². The zero-order chi connectivity index (χ0) is 57.8. The second kappa shape index (κ2) is 20.0. The second-order valence-electron chi connectivity index (χ2n) is 23.2. The first-order valence-electron chi connectivity index (χ1n) is 30.3. The molecule has 0 spiro atoms. The Morgan fingerprint density at radius 2 is 0.409 bits per heavy atom. The summed E-state index contributed by atoms with van der Waals surface area (Å²) in [5.74, 6) is 0. The summed E-state index contributed by atoms with van der Waals surface area (Å²) in [7, 11) is 0. The number of para-hydroxylation sites is 4. The molecule has 14 aromatic carbocycles. The molecule has 0 aliphatic carbocycles. The topological polar surface area (TPSA) is 19.7 Å². The number of hydrogen-bond donors (Lipinski definition) is 0. The Kier molecular flexibility index (Phi) is 11.3. The van der Waals surface area contributed by atoms with Crippen LogP contribution in [0.15, 0.2) is 328 Å². The fraction of sp³-hybridized carbons (Fsp3) is 0. The Hall–Kier alpha value is -11.7. The zero-order valence-corrected chi connectivity index (χ0v) is 48.0. The molecule has 0 aliphatic heterocycles. The standard InChI is InChI=1S/C84H54N4/c1-7-23-55(24-8-1)59-39-45-75-69(51-59)70-52-60(56-25-9-2-10-26-56)40-46-76(70)87(75)83-65(43-49-79-81(83)67-35-19-21-37-73(67)85(79)63-31-15-5-16-32-63)66-44-50-80-82(68-36-20-22-38-74(68)86(80)64-33-17-6-18-34-64)84(66)88-77-47-41-61(57-27-11-3-12-28-57)53-71(77)72-54-62(42-48-78(72)88)58-29-13-4-14-30-58/h1-54H. The van der Waals surface area contributed by atoms with Gasteiger partial charge in [0.2, 0.25) is 0 Å². The minimum atomic E-state index is 1.11. The average molecular weight is 1120 g/mol. The summed E-state index contributed by atoms with van der Waals surface area (Å²) >= 11 is 0. The normalized spacial score (nSPS) is 11.9. The van der Waals surface area contributed by atoms with Gasteiger partial charge in [-0.15, -0.1) is 0 Å². The van der Waals surface area contributed by atoms with E-state index >= 15 is 0 Å². The van der Waals surface area contributed by atoms with Crippen molar-refractivity contribution < 1.29 is 0 Å². The summed E-state index contributed by atoms with van der Waals surface area (Å²) in [6, 6.07) is 121. The van der Waals surface area contributed by atoms with Gasteiger partial charge >= 0.3 is 0 Å². The van der Waals surface area contributed by atoms with Crippen LogP contribution < -0.4 is 0 Å². The molecule has 4 heterocycles. The number of rotatable bonds is 9. The highest BCUT2D eigenvalue weighted by Gasteiger charge is 2.29. The van der Waals surface area contributed by atoms with Gasteiger partial charge in [0, 0.05) is 65.6 Å². The van der Waals surface area contributed by atoms with Gasteiger partial charge in [0.15, 0.2) is 0 Å². The van der Waals surface area contributed by atoms with E-state index in [1.54, 1.807) is 0 Å². The maximum atomic E-state index is 2.61. The van der Waals surface area contributed by atoms with Gasteiger partial charge in [0.05, 0.1) is 55.5 Å². The molecule has 4 nitrogen and oxygen atoms in total. The zero-order valence-electron chi connectivity index (χ0n) is 48.0. The largest absolute Gasteiger partial charge is 0.309 e.